The van der Waals surface area contributed by atoms with Gasteiger partial charge in [0.2, 0.25) is 5.82 Å². The molecule has 0 aliphatic carbocycles. The lowest BCUT2D eigenvalue weighted by Gasteiger charge is -2.20. The highest BCUT2D eigenvalue weighted by Crippen LogP contribution is 2.29. The van der Waals surface area contributed by atoms with Gasteiger partial charge in [0.1, 0.15) is 24.3 Å². The monoisotopic (exact) mass is 412 g/mol. The summed E-state index contributed by atoms with van der Waals surface area (Å²) in [5.41, 5.74) is 3.46. The zero-order valence-electron chi connectivity index (χ0n) is 17.8. The first-order valence-electron chi connectivity index (χ1n) is 10.1. The van der Waals surface area contributed by atoms with Crippen molar-refractivity contribution in [1.82, 2.24) is 15.1 Å². The molecule has 0 aliphatic heterocycles. The van der Waals surface area contributed by atoms with E-state index < -0.39 is 6.10 Å². The Morgan fingerprint density at radius 1 is 1.10 bits per heavy atom. The molecule has 1 unspecified atom stereocenters. The summed E-state index contributed by atoms with van der Waals surface area (Å²) in [5, 5.41) is 22.5. The normalized spacial score (nSPS) is 12.1. The summed E-state index contributed by atoms with van der Waals surface area (Å²) >= 11 is 0. The predicted molar refractivity (Wildman–Crippen MR) is 115 cm³/mol. The van der Waals surface area contributed by atoms with Gasteiger partial charge in [-0.2, -0.15) is 4.98 Å². The molecule has 8 heteroatoms. The Morgan fingerprint density at radius 2 is 1.87 bits per heavy atom. The minimum absolute atomic E-state index is 0.0257. The maximum absolute atomic E-state index is 9.42. The number of aromatic nitrogens is 3. The third-order valence-corrected chi connectivity index (χ3v) is 4.79. The number of aliphatic hydroxyl groups is 2. The Hall–Kier alpha value is -2.97. The average Bonchev–Trinajstić information content (AvgIpc) is 3.22. The van der Waals surface area contributed by atoms with Crippen LogP contribution in [0.2, 0.25) is 0 Å². The summed E-state index contributed by atoms with van der Waals surface area (Å²) in [7, 11) is 0. The summed E-state index contributed by atoms with van der Waals surface area (Å²) in [6.07, 6.45) is -0.908. The second-order valence-corrected chi connectivity index (χ2v) is 7.07. The van der Waals surface area contributed by atoms with Crippen LogP contribution >= 0.6 is 0 Å². The number of pyridine rings is 1. The van der Waals surface area contributed by atoms with Crippen molar-refractivity contribution in [3.63, 3.8) is 0 Å². The first-order valence-corrected chi connectivity index (χ1v) is 10.1. The Balaban J connectivity index is 1.85. The molecule has 0 fully saturated rings. The standard InChI is InChI=1S/C22H28N4O4/c1-5-26(6-2)20-11-16(10-15(4)23-20)22-24-21(25-30-22)19-8-7-18(9-14(19)3)29-13-17(28)12-27/h7-11,17,27-28H,5-6,12-13H2,1-4H3. The fourth-order valence-corrected chi connectivity index (χ4v) is 3.16. The highest BCUT2D eigenvalue weighted by molar-refractivity contribution is 5.65. The van der Waals surface area contributed by atoms with Crippen molar-refractivity contribution in [2.45, 2.75) is 33.8 Å². The number of nitrogens with zero attached hydrogens (tertiary/aromatic N) is 4. The molecule has 0 aliphatic rings. The molecule has 3 aromatic rings. The highest BCUT2D eigenvalue weighted by Gasteiger charge is 2.16. The third kappa shape index (κ3) is 4.95. The molecule has 2 N–H and O–H groups in total. The molecule has 0 saturated carbocycles. The molecule has 8 nitrogen and oxygen atoms in total. The second kappa shape index (κ2) is 9.69. The molecule has 0 amide bonds. The lowest BCUT2D eigenvalue weighted by Crippen LogP contribution is -2.23. The van der Waals surface area contributed by atoms with Crippen molar-refractivity contribution >= 4 is 5.82 Å². The van der Waals surface area contributed by atoms with Crippen molar-refractivity contribution < 1.29 is 19.5 Å². The van der Waals surface area contributed by atoms with Gasteiger partial charge in [0, 0.05) is 29.9 Å². The largest absolute Gasteiger partial charge is 0.491 e. The molecule has 3 rings (SSSR count). The highest BCUT2D eigenvalue weighted by atomic mass is 16.5. The van der Waals surface area contributed by atoms with Crippen LogP contribution in [0.5, 0.6) is 5.75 Å². The topological polar surface area (TPSA) is 105 Å². The Kier molecular flexibility index (Phi) is 7.02. The second-order valence-electron chi connectivity index (χ2n) is 7.07. The Labute approximate surface area is 176 Å². The number of rotatable bonds is 9. The first kappa shape index (κ1) is 21.7. The molecule has 2 heterocycles. The molecule has 30 heavy (non-hydrogen) atoms. The number of hydrogen-bond donors (Lipinski definition) is 2. The molecule has 1 aromatic carbocycles. The van der Waals surface area contributed by atoms with Crippen LogP contribution in [0.25, 0.3) is 22.8 Å². The van der Waals surface area contributed by atoms with Gasteiger partial charge in [0.15, 0.2) is 0 Å². The number of ether oxygens (including phenoxy) is 1. The van der Waals surface area contributed by atoms with E-state index in [2.05, 4.69) is 33.9 Å². The summed E-state index contributed by atoms with van der Waals surface area (Å²) in [6, 6.07) is 9.36. The van der Waals surface area contributed by atoms with Gasteiger partial charge in [-0.3, -0.25) is 0 Å². The van der Waals surface area contributed by atoms with Crippen LogP contribution in [0.15, 0.2) is 34.9 Å². The van der Waals surface area contributed by atoms with E-state index in [1.54, 1.807) is 6.07 Å². The van der Waals surface area contributed by atoms with Gasteiger partial charge in [-0.1, -0.05) is 5.16 Å². The van der Waals surface area contributed by atoms with Gasteiger partial charge >= 0.3 is 0 Å². The van der Waals surface area contributed by atoms with E-state index in [0.717, 1.165) is 41.3 Å². The fraction of sp³-hybridized carbons (Fsp3) is 0.409. The first-order chi connectivity index (χ1) is 14.4. The van der Waals surface area contributed by atoms with Crippen molar-refractivity contribution in [3.05, 3.63) is 41.6 Å². The molecule has 2 aromatic heterocycles. The molecule has 1 atom stereocenters. The summed E-state index contributed by atoms with van der Waals surface area (Å²) in [5.74, 6) is 2.41. The molecular weight excluding hydrogens is 384 g/mol. The summed E-state index contributed by atoms with van der Waals surface area (Å²) in [6.45, 7) is 9.48. The van der Waals surface area contributed by atoms with Crippen LogP contribution in [-0.4, -0.2) is 57.7 Å². The van der Waals surface area contributed by atoms with Crippen LogP contribution in [0, 0.1) is 13.8 Å². The molecule has 0 bridgehead atoms. The van der Waals surface area contributed by atoms with E-state index in [0.29, 0.717) is 17.5 Å². The average molecular weight is 412 g/mol. The Morgan fingerprint density at radius 3 is 2.53 bits per heavy atom. The molecular formula is C22H28N4O4. The fourth-order valence-electron chi connectivity index (χ4n) is 3.16. The smallest absolute Gasteiger partial charge is 0.258 e. The van der Waals surface area contributed by atoms with Gasteiger partial charge in [-0.05, 0) is 63.6 Å². The minimum Gasteiger partial charge on any atom is -0.491 e. The van der Waals surface area contributed by atoms with E-state index in [4.69, 9.17) is 14.4 Å². The summed E-state index contributed by atoms with van der Waals surface area (Å²) < 4.78 is 11.0. The zero-order valence-corrected chi connectivity index (χ0v) is 17.8. The minimum atomic E-state index is -0.908. The van der Waals surface area contributed by atoms with E-state index in [-0.39, 0.29) is 13.2 Å². The lowest BCUT2D eigenvalue weighted by atomic mass is 10.1. The predicted octanol–water partition coefficient (Wildman–Crippen LogP) is 2.99. The lowest BCUT2D eigenvalue weighted by molar-refractivity contribution is 0.0536. The van der Waals surface area contributed by atoms with Crippen LogP contribution < -0.4 is 9.64 Å². The third-order valence-electron chi connectivity index (χ3n) is 4.79. The number of aryl methyl sites for hydroxylation is 2. The van der Waals surface area contributed by atoms with Crippen LogP contribution in [-0.2, 0) is 0 Å². The van der Waals surface area contributed by atoms with Gasteiger partial charge in [0.25, 0.3) is 5.89 Å². The van der Waals surface area contributed by atoms with Crippen molar-refractivity contribution in [1.29, 1.82) is 0 Å². The molecule has 0 spiro atoms. The molecule has 0 radical (unpaired) electrons. The number of aliphatic hydroxyl groups excluding tert-OH is 2. The number of anilines is 1. The van der Waals surface area contributed by atoms with Crippen molar-refractivity contribution in [2.75, 3.05) is 31.2 Å². The van der Waals surface area contributed by atoms with Gasteiger partial charge in [-0.15, -0.1) is 0 Å². The number of hydrogen-bond acceptors (Lipinski definition) is 8. The Bertz CT molecular complexity index is 985. The maximum atomic E-state index is 9.42. The quantitative estimate of drug-likeness (QED) is 0.553. The van der Waals surface area contributed by atoms with E-state index in [1.165, 1.54) is 0 Å². The van der Waals surface area contributed by atoms with E-state index >= 15 is 0 Å². The van der Waals surface area contributed by atoms with Crippen molar-refractivity contribution in [2.24, 2.45) is 0 Å². The zero-order chi connectivity index (χ0) is 21.7. The van der Waals surface area contributed by atoms with Crippen LogP contribution in [0.3, 0.4) is 0 Å². The van der Waals surface area contributed by atoms with Crippen LogP contribution in [0.4, 0.5) is 5.82 Å². The van der Waals surface area contributed by atoms with E-state index in [1.807, 2.05) is 38.1 Å². The van der Waals surface area contributed by atoms with E-state index in [9.17, 15) is 5.11 Å². The number of benzene rings is 1. The van der Waals surface area contributed by atoms with Crippen LogP contribution in [0.1, 0.15) is 25.1 Å². The molecule has 160 valence electrons. The molecule has 0 saturated heterocycles. The van der Waals surface area contributed by atoms with Gasteiger partial charge in [-0.25, -0.2) is 4.98 Å². The van der Waals surface area contributed by atoms with Gasteiger partial charge in [0.05, 0.1) is 6.61 Å². The maximum Gasteiger partial charge on any atom is 0.258 e. The SMILES string of the molecule is CCN(CC)c1cc(-c2nc(-c3ccc(OCC(O)CO)cc3C)no2)cc(C)n1. The summed E-state index contributed by atoms with van der Waals surface area (Å²) in [4.78, 5) is 11.4. The van der Waals surface area contributed by atoms with Crippen molar-refractivity contribution in [3.8, 4) is 28.6 Å². The van der Waals surface area contributed by atoms with Gasteiger partial charge < -0.3 is 24.4 Å².